The third-order valence-electron chi connectivity index (χ3n) is 3.37. The fraction of sp³-hybridized carbons (Fsp3) is 0.429. The Labute approximate surface area is 123 Å². The van der Waals surface area contributed by atoms with E-state index in [-0.39, 0.29) is 0 Å². The Hall–Kier alpha value is -1.59. The first-order valence-electron chi connectivity index (χ1n) is 6.58. The molecule has 0 spiro atoms. The molecule has 2 amide bonds. The first-order chi connectivity index (χ1) is 9.56. The summed E-state index contributed by atoms with van der Waals surface area (Å²) in [6.07, 6.45) is 1.04. The summed E-state index contributed by atoms with van der Waals surface area (Å²) in [6, 6.07) is 6.81. The third kappa shape index (κ3) is 3.95. The summed E-state index contributed by atoms with van der Waals surface area (Å²) in [6.45, 7) is 2.51. The van der Waals surface area contributed by atoms with Crippen molar-refractivity contribution in [3.63, 3.8) is 0 Å². The minimum absolute atomic E-state index is 0.408. The van der Waals surface area contributed by atoms with Crippen molar-refractivity contribution < 1.29 is 9.59 Å². The standard InChI is InChI=1S/C14H18ClN3O2/c1-18-7-6-10(9-18)8-16-13(19)14(20)17-12-5-3-2-4-11(12)15/h2-5,10H,6-9H2,1H3,(H,16,19)(H,17,20)/t10-/m1/s1. The van der Waals surface area contributed by atoms with Gasteiger partial charge in [-0.05, 0) is 38.1 Å². The molecule has 5 nitrogen and oxygen atoms in total. The third-order valence-corrected chi connectivity index (χ3v) is 3.70. The predicted octanol–water partition coefficient (Wildman–Crippen LogP) is 1.35. The fourth-order valence-electron chi connectivity index (χ4n) is 2.25. The van der Waals surface area contributed by atoms with Crippen LogP contribution in [0.3, 0.4) is 0 Å². The van der Waals surface area contributed by atoms with Gasteiger partial charge in [-0.25, -0.2) is 0 Å². The lowest BCUT2D eigenvalue weighted by atomic mass is 10.1. The average Bonchev–Trinajstić information content (AvgIpc) is 2.84. The van der Waals surface area contributed by atoms with Crippen LogP contribution in [0.2, 0.25) is 5.02 Å². The first kappa shape index (κ1) is 14.8. The summed E-state index contributed by atoms with van der Waals surface area (Å²) in [5.74, 6) is -0.902. The number of hydrogen-bond acceptors (Lipinski definition) is 3. The van der Waals surface area contributed by atoms with Crippen molar-refractivity contribution in [2.75, 3.05) is 32.0 Å². The number of nitrogens with one attached hydrogen (secondary N) is 2. The Morgan fingerprint density at radius 1 is 1.35 bits per heavy atom. The topological polar surface area (TPSA) is 61.4 Å². The van der Waals surface area contributed by atoms with E-state index in [0.29, 0.717) is 23.2 Å². The van der Waals surface area contributed by atoms with Crippen molar-refractivity contribution in [2.24, 2.45) is 5.92 Å². The summed E-state index contributed by atoms with van der Waals surface area (Å²) in [7, 11) is 2.05. The maximum Gasteiger partial charge on any atom is 0.313 e. The smallest absolute Gasteiger partial charge is 0.313 e. The van der Waals surface area contributed by atoms with Gasteiger partial charge < -0.3 is 15.5 Å². The zero-order valence-corrected chi connectivity index (χ0v) is 12.1. The van der Waals surface area contributed by atoms with E-state index in [9.17, 15) is 9.59 Å². The van der Waals surface area contributed by atoms with E-state index < -0.39 is 11.8 Å². The Bertz CT molecular complexity index is 507. The largest absolute Gasteiger partial charge is 0.347 e. The predicted molar refractivity (Wildman–Crippen MR) is 78.7 cm³/mol. The number of nitrogens with zero attached hydrogens (tertiary/aromatic N) is 1. The molecule has 6 heteroatoms. The van der Waals surface area contributed by atoms with E-state index in [2.05, 4.69) is 15.5 Å². The van der Waals surface area contributed by atoms with Crippen molar-refractivity contribution >= 4 is 29.1 Å². The van der Waals surface area contributed by atoms with Gasteiger partial charge in [0.2, 0.25) is 0 Å². The fourth-order valence-corrected chi connectivity index (χ4v) is 2.43. The highest BCUT2D eigenvalue weighted by molar-refractivity contribution is 6.41. The molecule has 1 saturated heterocycles. The lowest BCUT2D eigenvalue weighted by Crippen LogP contribution is -2.38. The number of amides is 2. The van der Waals surface area contributed by atoms with Gasteiger partial charge in [0.15, 0.2) is 0 Å². The molecule has 20 heavy (non-hydrogen) atoms. The molecule has 0 bridgehead atoms. The van der Waals surface area contributed by atoms with Crippen LogP contribution in [0, 0.1) is 5.92 Å². The molecule has 0 aromatic heterocycles. The second-order valence-corrected chi connectivity index (χ2v) is 5.47. The van der Waals surface area contributed by atoms with E-state index in [1.54, 1.807) is 24.3 Å². The molecule has 2 N–H and O–H groups in total. The van der Waals surface area contributed by atoms with Crippen LogP contribution in [0.15, 0.2) is 24.3 Å². The van der Waals surface area contributed by atoms with Gasteiger partial charge in [0, 0.05) is 13.1 Å². The molecular weight excluding hydrogens is 278 g/mol. The Morgan fingerprint density at radius 2 is 2.10 bits per heavy atom. The number of benzene rings is 1. The van der Waals surface area contributed by atoms with Crippen LogP contribution in [0.25, 0.3) is 0 Å². The molecule has 0 saturated carbocycles. The number of carbonyl (C=O) groups excluding carboxylic acids is 2. The number of para-hydroxylation sites is 1. The van der Waals surface area contributed by atoms with Crippen molar-refractivity contribution in [3.8, 4) is 0 Å². The second kappa shape index (κ2) is 6.72. The molecule has 1 aromatic carbocycles. The molecule has 1 atom stereocenters. The van der Waals surface area contributed by atoms with E-state index in [4.69, 9.17) is 11.6 Å². The second-order valence-electron chi connectivity index (χ2n) is 5.06. The van der Waals surface area contributed by atoms with E-state index >= 15 is 0 Å². The number of carbonyl (C=O) groups is 2. The summed E-state index contributed by atoms with van der Waals surface area (Å²) >= 11 is 5.92. The van der Waals surface area contributed by atoms with Crippen molar-refractivity contribution in [1.29, 1.82) is 0 Å². The summed E-state index contributed by atoms with van der Waals surface area (Å²) < 4.78 is 0. The van der Waals surface area contributed by atoms with Gasteiger partial charge in [0.25, 0.3) is 0 Å². The van der Waals surface area contributed by atoms with Crippen LogP contribution in [0.5, 0.6) is 0 Å². The van der Waals surface area contributed by atoms with E-state index in [0.717, 1.165) is 19.5 Å². The van der Waals surface area contributed by atoms with Gasteiger partial charge in [-0.1, -0.05) is 23.7 Å². The molecule has 1 aliphatic rings. The Kier molecular flexibility index (Phi) is 4.98. The molecule has 1 aliphatic heterocycles. The van der Waals surface area contributed by atoms with Crippen LogP contribution in [0.4, 0.5) is 5.69 Å². The minimum atomic E-state index is -0.690. The van der Waals surface area contributed by atoms with E-state index in [1.165, 1.54) is 0 Å². The lowest BCUT2D eigenvalue weighted by molar-refractivity contribution is -0.136. The molecule has 1 heterocycles. The SMILES string of the molecule is CN1CC[C@H](CNC(=O)C(=O)Nc2ccccc2Cl)C1. The monoisotopic (exact) mass is 295 g/mol. The number of likely N-dealkylation sites (tertiary alicyclic amines) is 1. The first-order valence-corrected chi connectivity index (χ1v) is 6.96. The molecular formula is C14H18ClN3O2. The van der Waals surface area contributed by atoms with Crippen molar-refractivity contribution in [3.05, 3.63) is 29.3 Å². The Balaban J connectivity index is 1.80. The quantitative estimate of drug-likeness (QED) is 0.828. The molecule has 0 aliphatic carbocycles. The summed E-state index contributed by atoms with van der Waals surface area (Å²) in [4.78, 5) is 25.7. The minimum Gasteiger partial charge on any atom is -0.347 e. The number of anilines is 1. The lowest BCUT2D eigenvalue weighted by Gasteiger charge is -2.12. The van der Waals surface area contributed by atoms with Gasteiger partial charge in [0.1, 0.15) is 0 Å². The van der Waals surface area contributed by atoms with Crippen molar-refractivity contribution in [2.45, 2.75) is 6.42 Å². The van der Waals surface area contributed by atoms with Crippen LogP contribution in [0.1, 0.15) is 6.42 Å². The van der Waals surface area contributed by atoms with Crippen molar-refractivity contribution in [1.82, 2.24) is 10.2 Å². The summed E-state index contributed by atoms with van der Waals surface area (Å²) in [5.41, 5.74) is 0.440. The number of hydrogen-bond donors (Lipinski definition) is 2. The van der Waals surface area contributed by atoms with Gasteiger partial charge >= 0.3 is 11.8 Å². The van der Waals surface area contributed by atoms with Crippen LogP contribution in [-0.4, -0.2) is 43.4 Å². The zero-order chi connectivity index (χ0) is 14.5. The highest BCUT2D eigenvalue weighted by atomic mass is 35.5. The van der Waals surface area contributed by atoms with Gasteiger partial charge in [-0.15, -0.1) is 0 Å². The number of rotatable bonds is 3. The van der Waals surface area contributed by atoms with E-state index in [1.807, 2.05) is 7.05 Å². The normalized spacial score (nSPS) is 18.8. The molecule has 0 radical (unpaired) electrons. The maximum absolute atomic E-state index is 11.7. The highest BCUT2D eigenvalue weighted by Crippen LogP contribution is 2.20. The van der Waals surface area contributed by atoms with Crippen LogP contribution >= 0.6 is 11.6 Å². The number of halogens is 1. The molecule has 2 rings (SSSR count). The van der Waals surface area contributed by atoms with Crippen LogP contribution < -0.4 is 10.6 Å². The average molecular weight is 296 g/mol. The summed E-state index contributed by atoms with van der Waals surface area (Å²) in [5, 5.41) is 5.57. The van der Waals surface area contributed by atoms with Gasteiger partial charge in [-0.2, -0.15) is 0 Å². The molecule has 108 valence electrons. The maximum atomic E-state index is 11.7. The Morgan fingerprint density at radius 3 is 2.75 bits per heavy atom. The highest BCUT2D eigenvalue weighted by Gasteiger charge is 2.21. The van der Waals surface area contributed by atoms with Crippen LogP contribution in [-0.2, 0) is 9.59 Å². The molecule has 1 fully saturated rings. The molecule has 0 unspecified atom stereocenters. The zero-order valence-electron chi connectivity index (χ0n) is 11.4. The molecule has 1 aromatic rings. The van der Waals surface area contributed by atoms with Gasteiger partial charge in [0.05, 0.1) is 10.7 Å². The van der Waals surface area contributed by atoms with Gasteiger partial charge in [-0.3, -0.25) is 9.59 Å².